The zero-order valence-corrected chi connectivity index (χ0v) is 14.0. The Bertz CT molecular complexity index is 798. The number of aromatic hydroxyl groups is 1. The zero-order chi connectivity index (χ0) is 18.9. The number of hydrogen-bond donors (Lipinski definition) is 2. The Labute approximate surface area is 147 Å². The van der Waals surface area contributed by atoms with Crippen molar-refractivity contribution in [2.45, 2.75) is 38.1 Å². The maximum absolute atomic E-state index is 13.1. The number of carbonyl (C=O) groups excluding carboxylic acids is 1. The van der Waals surface area contributed by atoms with Crippen LogP contribution in [0.25, 0.3) is 5.69 Å². The van der Waals surface area contributed by atoms with E-state index in [-0.39, 0.29) is 23.5 Å². The fourth-order valence-electron chi connectivity index (χ4n) is 2.93. The summed E-state index contributed by atoms with van der Waals surface area (Å²) in [6, 6.07) is 4.49. The summed E-state index contributed by atoms with van der Waals surface area (Å²) in [6.07, 6.45) is -2.03. The van der Waals surface area contributed by atoms with E-state index in [4.69, 9.17) is 4.74 Å². The van der Waals surface area contributed by atoms with Crippen molar-refractivity contribution in [2.24, 2.45) is 0 Å². The van der Waals surface area contributed by atoms with Crippen LogP contribution in [0.15, 0.2) is 30.5 Å². The predicted molar refractivity (Wildman–Crippen MR) is 86.1 cm³/mol. The Morgan fingerprint density at radius 1 is 1.42 bits per heavy atom. The molecule has 6 nitrogen and oxygen atoms in total. The van der Waals surface area contributed by atoms with Crippen molar-refractivity contribution in [3.05, 3.63) is 41.7 Å². The van der Waals surface area contributed by atoms with Crippen LogP contribution >= 0.6 is 0 Å². The van der Waals surface area contributed by atoms with Crippen molar-refractivity contribution >= 4 is 5.91 Å². The third-order valence-electron chi connectivity index (χ3n) is 4.25. The Kier molecular flexibility index (Phi) is 4.90. The lowest BCUT2D eigenvalue weighted by Crippen LogP contribution is -2.41. The first-order valence-corrected chi connectivity index (χ1v) is 8.15. The molecule has 0 saturated carbocycles. The van der Waals surface area contributed by atoms with E-state index in [0.29, 0.717) is 6.61 Å². The van der Waals surface area contributed by atoms with Crippen LogP contribution in [0.1, 0.15) is 35.8 Å². The van der Waals surface area contributed by atoms with Crippen LogP contribution < -0.4 is 5.32 Å². The van der Waals surface area contributed by atoms with Gasteiger partial charge in [-0.1, -0.05) is 12.1 Å². The molecule has 1 aromatic carbocycles. The Morgan fingerprint density at radius 2 is 2.15 bits per heavy atom. The van der Waals surface area contributed by atoms with Crippen LogP contribution in [-0.4, -0.2) is 39.5 Å². The molecule has 0 bridgehead atoms. The van der Waals surface area contributed by atoms with Gasteiger partial charge in [-0.05, 0) is 31.9 Å². The molecule has 2 N–H and O–H groups in total. The lowest BCUT2D eigenvalue weighted by Gasteiger charge is -2.19. The maximum atomic E-state index is 13.1. The molecule has 3 rings (SSSR count). The van der Waals surface area contributed by atoms with E-state index in [1.165, 1.54) is 18.2 Å². The maximum Gasteiger partial charge on any atom is 0.418 e. The highest BCUT2D eigenvalue weighted by Gasteiger charge is 2.34. The fraction of sp³-hybridized carbons (Fsp3) is 0.412. The van der Waals surface area contributed by atoms with Crippen molar-refractivity contribution in [3.8, 4) is 11.4 Å². The quantitative estimate of drug-likeness (QED) is 0.869. The monoisotopic (exact) mass is 369 g/mol. The third kappa shape index (κ3) is 3.67. The van der Waals surface area contributed by atoms with Crippen molar-refractivity contribution in [3.63, 3.8) is 0 Å². The number of aromatic nitrogens is 2. The number of amides is 1. The lowest BCUT2D eigenvalue weighted by molar-refractivity contribution is -0.137. The first-order valence-electron chi connectivity index (χ1n) is 8.15. The summed E-state index contributed by atoms with van der Waals surface area (Å²) in [5.41, 5.74) is -1.53. The first kappa shape index (κ1) is 18.2. The molecule has 2 unspecified atom stereocenters. The van der Waals surface area contributed by atoms with Gasteiger partial charge in [0.2, 0.25) is 0 Å². The van der Waals surface area contributed by atoms with Gasteiger partial charge in [0.15, 0.2) is 11.4 Å². The van der Waals surface area contributed by atoms with E-state index in [1.807, 2.05) is 0 Å². The summed E-state index contributed by atoms with van der Waals surface area (Å²) in [5, 5.41) is 16.5. The molecule has 1 saturated heterocycles. The second-order valence-corrected chi connectivity index (χ2v) is 6.14. The van der Waals surface area contributed by atoms with Crippen LogP contribution in [0.4, 0.5) is 13.2 Å². The van der Waals surface area contributed by atoms with Crippen LogP contribution in [0, 0.1) is 0 Å². The number of hydrogen-bond acceptors (Lipinski definition) is 4. The summed E-state index contributed by atoms with van der Waals surface area (Å²) < 4.78 is 45.8. The van der Waals surface area contributed by atoms with E-state index < -0.39 is 23.4 Å². The summed E-state index contributed by atoms with van der Waals surface area (Å²) in [5.74, 6) is -1.17. The predicted octanol–water partition coefficient (Wildman–Crippen LogP) is 2.89. The number of ether oxygens (including phenoxy) is 1. The Morgan fingerprint density at radius 3 is 2.81 bits per heavy atom. The molecule has 9 heteroatoms. The molecule has 1 fully saturated rings. The summed E-state index contributed by atoms with van der Waals surface area (Å²) in [7, 11) is 0. The molecule has 26 heavy (non-hydrogen) atoms. The highest BCUT2D eigenvalue weighted by Crippen LogP contribution is 2.34. The number of alkyl halides is 3. The first-order chi connectivity index (χ1) is 12.3. The van der Waals surface area contributed by atoms with Gasteiger partial charge in [0.05, 0.1) is 29.6 Å². The van der Waals surface area contributed by atoms with Gasteiger partial charge < -0.3 is 15.2 Å². The molecule has 0 radical (unpaired) electrons. The van der Waals surface area contributed by atoms with Gasteiger partial charge in [0.25, 0.3) is 5.91 Å². The lowest BCUT2D eigenvalue weighted by atomic mass is 10.1. The van der Waals surface area contributed by atoms with Gasteiger partial charge in [-0.15, -0.1) is 0 Å². The van der Waals surface area contributed by atoms with E-state index in [2.05, 4.69) is 10.4 Å². The second-order valence-electron chi connectivity index (χ2n) is 6.14. The molecule has 0 aliphatic carbocycles. The number of nitrogens with one attached hydrogen (secondary N) is 1. The molecule has 2 heterocycles. The highest BCUT2D eigenvalue weighted by molar-refractivity contribution is 5.95. The summed E-state index contributed by atoms with van der Waals surface area (Å²) in [4.78, 5) is 12.3. The SMILES string of the molecule is CC(NC(=O)c1nn(-c2ccccc2C(F)(F)F)cc1O)C1CCCO1. The number of halogens is 3. The number of rotatable bonds is 4. The summed E-state index contributed by atoms with van der Waals surface area (Å²) in [6.45, 7) is 2.39. The second kappa shape index (κ2) is 6.99. The number of benzene rings is 1. The van der Waals surface area contributed by atoms with Gasteiger partial charge in [0, 0.05) is 6.61 Å². The van der Waals surface area contributed by atoms with Crippen LogP contribution in [0.3, 0.4) is 0 Å². The zero-order valence-electron chi connectivity index (χ0n) is 14.0. The topological polar surface area (TPSA) is 76.4 Å². The van der Waals surface area contributed by atoms with Crippen LogP contribution in [-0.2, 0) is 10.9 Å². The Balaban J connectivity index is 1.85. The van der Waals surface area contributed by atoms with Crippen molar-refractivity contribution in [1.29, 1.82) is 0 Å². The van der Waals surface area contributed by atoms with E-state index in [0.717, 1.165) is 29.8 Å². The third-order valence-corrected chi connectivity index (χ3v) is 4.25. The molecule has 0 spiro atoms. The van der Waals surface area contributed by atoms with Crippen molar-refractivity contribution in [2.75, 3.05) is 6.61 Å². The molecular formula is C17H18F3N3O3. The molecule has 2 aromatic rings. The molecule has 140 valence electrons. The number of nitrogens with zero attached hydrogens (tertiary/aromatic N) is 2. The molecule has 1 aliphatic heterocycles. The van der Waals surface area contributed by atoms with Crippen molar-refractivity contribution in [1.82, 2.24) is 15.1 Å². The molecule has 2 atom stereocenters. The minimum absolute atomic E-state index is 0.130. The van der Waals surface area contributed by atoms with Crippen LogP contribution in [0.5, 0.6) is 5.75 Å². The van der Waals surface area contributed by atoms with Gasteiger partial charge in [-0.3, -0.25) is 4.79 Å². The molecular weight excluding hydrogens is 351 g/mol. The van der Waals surface area contributed by atoms with Gasteiger partial charge in [0.1, 0.15) is 0 Å². The molecule has 1 aliphatic rings. The number of carbonyl (C=O) groups is 1. The van der Waals surface area contributed by atoms with E-state index in [1.54, 1.807) is 6.92 Å². The highest BCUT2D eigenvalue weighted by atomic mass is 19.4. The van der Waals surface area contributed by atoms with Gasteiger partial charge in [-0.25, -0.2) is 4.68 Å². The standard InChI is InChI=1S/C17H18F3N3O3/c1-10(14-7-4-8-26-14)21-16(25)15-13(24)9-23(22-15)12-6-3-2-5-11(12)17(18,19)20/h2-3,5-6,9-10,14,24H,4,7-8H2,1H3,(H,21,25). The molecule has 1 amide bonds. The minimum atomic E-state index is -4.59. The van der Waals surface area contributed by atoms with E-state index in [9.17, 15) is 23.1 Å². The Hall–Kier alpha value is -2.55. The smallest absolute Gasteiger partial charge is 0.418 e. The average Bonchev–Trinajstić information content (AvgIpc) is 3.23. The fourth-order valence-corrected chi connectivity index (χ4v) is 2.93. The van der Waals surface area contributed by atoms with E-state index >= 15 is 0 Å². The number of para-hydroxylation sites is 1. The van der Waals surface area contributed by atoms with Gasteiger partial charge in [-0.2, -0.15) is 18.3 Å². The van der Waals surface area contributed by atoms with Crippen LogP contribution in [0.2, 0.25) is 0 Å². The average molecular weight is 369 g/mol. The van der Waals surface area contributed by atoms with Gasteiger partial charge >= 0.3 is 6.18 Å². The largest absolute Gasteiger partial charge is 0.504 e. The normalized spacial score (nSPS) is 18.7. The summed E-state index contributed by atoms with van der Waals surface area (Å²) >= 11 is 0. The minimum Gasteiger partial charge on any atom is -0.504 e. The molecule has 1 aromatic heterocycles. The van der Waals surface area contributed by atoms with Crippen molar-refractivity contribution < 1.29 is 27.8 Å².